The lowest BCUT2D eigenvalue weighted by molar-refractivity contribution is -0.134. The van der Waals surface area contributed by atoms with Crippen molar-refractivity contribution < 1.29 is 14.0 Å². The molecule has 1 aliphatic heterocycles. The maximum atomic E-state index is 12.5. The Bertz CT molecular complexity index is 727. The van der Waals surface area contributed by atoms with Crippen LogP contribution in [0.25, 0.3) is 11.1 Å². The van der Waals surface area contributed by atoms with Gasteiger partial charge in [0.1, 0.15) is 5.52 Å². The Kier molecular flexibility index (Phi) is 3.10. The maximum Gasteiger partial charge on any atom is 0.254 e. The first-order valence-corrected chi connectivity index (χ1v) is 7.64. The molecular weight excluding hydrogens is 282 g/mol. The molecule has 1 saturated heterocycles. The van der Waals surface area contributed by atoms with Crippen molar-refractivity contribution in [3.8, 4) is 0 Å². The number of benzene rings is 1. The lowest BCUT2D eigenvalue weighted by Crippen LogP contribution is -2.51. The number of aromatic nitrogens is 1. The zero-order valence-corrected chi connectivity index (χ0v) is 12.2. The van der Waals surface area contributed by atoms with Gasteiger partial charge >= 0.3 is 0 Å². The first-order valence-electron chi connectivity index (χ1n) is 7.64. The van der Waals surface area contributed by atoms with E-state index in [9.17, 15) is 9.59 Å². The summed E-state index contributed by atoms with van der Waals surface area (Å²) in [4.78, 5) is 32.3. The van der Waals surface area contributed by atoms with Gasteiger partial charge in [-0.15, -0.1) is 0 Å². The molecule has 2 heterocycles. The zero-order valence-electron chi connectivity index (χ0n) is 12.2. The highest BCUT2D eigenvalue weighted by Crippen LogP contribution is 2.31. The summed E-state index contributed by atoms with van der Waals surface area (Å²) >= 11 is 0. The molecule has 0 spiro atoms. The second-order valence-corrected chi connectivity index (χ2v) is 5.93. The van der Waals surface area contributed by atoms with Crippen LogP contribution in [0.2, 0.25) is 0 Å². The maximum absolute atomic E-state index is 12.5. The molecule has 1 saturated carbocycles. The van der Waals surface area contributed by atoms with Crippen LogP contribution in [0.1, 0.15) is 23.2 Å². The van der Waals surface area contributed by atoms with Crippen molar-refractivity contribution in [3.05, 3.63) is 30.2 Å². The first-order chi connectivity index (χ1) is 10.7. The Hall–Kier alpha value is -2.37. The fourth-order valence-electron chi connectivity index (χ4n) is 2.89. The van der Waals surface area contributed by atoms with Gasteiger partial charge in [0.25, 0.3) is 5.91 Å². The van der Waals surface area contributed by atoms with Crippen molar-refractivity contribution >= 4 is 22.9 Å². The minimum Gasteiger partial charge on any atom is -0.443 e. The van der Waals surface area contributed by atoms with Crippen LogP contribution in [0.5, 0.6) is 0 Å². The minimum absolute atomic E-state index is 0.0168. The van der Waals surface area contributed by atoms with Gasteiger partial charge in [-0.1, -0.05) is 0 Å². The Morgan fingerprint density at radius 2 is 1.82 bits per heavy atom. The van der Waals surface area contributed by atoms with E-state index < -0.39 is 0 Å². The molecule has 1 aromatic carbocycles. The quantitative estimate of drug-likeness (QED) is 0.843. The summed E-state index contributed by atoms with van der Waals surface area (Å²) in [7, 11) is 0. The molecule has 0 unspecified atom stereocenters. The molecule has 0 N–H and O–H groups in total. The predicted octanol–water partition coefficient (Wildman–Crippen LogP) is 1.52. The summed E-state index contributed by atoms with van der Waals surface area (Å²) in [5.41, 5.74) is 1.97. The molecule has 22 heavy (non-hydrogen) atoms. The van der Waals surface area contributed by atoms with E-state index in [2.05, 4.69) is 4.98 Å². The molecule has 0 bridgehead atoms. The fraction of sp³-hybridized carbons (Fsp3) is 0.438. The van der Waals surface area contributed by atoms with Gasteiger partial charge in [-0.05, 0) is 31.0 Å². The second kappa shape index (κ2) is 5.12. The highest BCUT2D eigenvalue weighted by molar-refractivity contribution is 5.97. The van der Waals surface area contributed by atoms with Gasteiger partial charge in [0.05, 0.1) is 0 Å². The Balaban J connectivity index is 1.43. The summed E-state index contributed by atoms with van der Waals surface area (Å²) in [6.07, 6.45) is 3.42. The summed E-state index contributed by atoms with van der Waals surface area (Å²) < 4.78 is 5.24. The Morgan fingerprint density at radius 1 is 1.09 bits per heavy atom. The molecule has 0 atom stereocenters. The monoisotopic (exact) mass is 299 g/mol. The second-order valence-electron chi connectivity index (χ2n) is 5.93. The van der Waals surface area contributed by atoms with E-state index in [4.69, 9.17) is 4.42 Å². The molecule has 6 nitrogen and oxygen atoms in total. The SMILES string of the molecule is O=C(c1ccc2ncoc2c1)N1CCN(C(=O)C2CC2)CC1. The number of carbonyl (C=O) groups excluding carboxylic acids is 2. The van der Waals surface area contributed by atoms with Crippen LogP contribution in [0.3, 0.4) is 0 Å². The van der Waals surface area contributed by atoms with Crippen LogP contribution >= 0.6 is 0 Å². The van der Waals surface area contributed by atoms with Crippen molar-refractivity contribution in [2.75, 3.05) is 26.2 Å². The van der Waals surface area contributed by atoms with Gasteiger partial charge in [-0.3, -0.25) is 9.59 Å². The van der Waals surface area contributed by atoms with Crippen LogP contribution in [0.4, 0.5) is 0 Å². The van der Waals surface area contributed by atoms with Crippen LogP contribution in [-0.4, -0.2) is 52.8 Å². The Labute approximate surface area is 127 Å². The van der Waals surface area contributed by atoms with Crippen LogP contribution in [-0.2, 0) is 4.79 Å². The van der Waals surface area contributed by atoms with Crippen molar-refractivity contribution in [2.45, 2.75) is 12.8 Å². The van der Waals surface area contributed by atoms with E-state index in [1.54, 1.807) is 23.1 Å². The van der Waals surface area contributed by atoms with E-state index in [-0.39, 0.29) is 17.7 Å². The molecule has 4 rings (SSSR count). The third-order valence-electron chi connectivity index (χ3n) is 4.38. The standard InChI is InChI=1S/C16H17N3O3/c20-15(11-1-2-11)18-5-7-19(8-6-18)16(21)12-3-4-13-14(9-12)22-10-17-13/h3-4,9-11H,1-2,5-8H2. The number of hydrogen-bond donors (Lipinski definition) is 0. The molecule has 2 fully saturated rings. The molecule has 2 aliphatic rings. The fourth-order valence-corrected chi connectivity index (χ4v) is 2.89. The lowest BCUT2D eigenvalue weighted by atomic mass is 10.1. The third kappa shape index (κ3) is 2.34. The van der Waals surface area contributed by atoms with E-state index in [1.807, 2.05) is 4.90 Å². The molecule has 1 aromatic heterocycles. The van der Waals surface area contributed by atoms with E-state index in [0.717, 1.165) is 18.4 Å². The number of fused-ring (bicyclic) bond motifs is 1. The van der Waals surface area contributed by atoms with Crippen LogP contribution in [0, 0.1) is 5.92 Å². The number of carbonyl (C=O) groups is 2. The van der Waals surface area contributed by atoms with Gasteiger partial charge in [0.15, 0.2) is 12.0 Å². The summed E-state index contributed by atoms with van der Waals surface area (Å²) in [6.45, 7) is 2.44. The number of oxazole rings is 1. The normalized spacial score (nSPS) is 18.7. The van der Waals surface area contributed by atoms with Crippen molar-refractivity contribution in [1.29, 1.82) is 0 Å². The van der Waals surface area contributed by atoms with Crippen molar-refractivity contribution in [1.82, 2.24) is 14.8 Å². The molecule has 0 radical (unpaired) electrons. The molecule has 1 aliphatic carbocycles. The van der Waals surface area contributed by atoms with Gasteiger partial charge in [0, 0.05) is 37.7 Å². The number of rotatable bonds is 2. The summed E-state index contributed by atoms with van der Waals surface area (Å²) in [5, 5.41) is 0. The van der Waals surface area contributed by atoms with Crippen molar-refractivity contribution in [2.24, 2.45) is 5.92 Å². The summed E-state index contributed by atoms with van der Waals surface area (Å²) in [6, 6.07) is 5.29. The Morgan fingerprint density at radius 3 is 2.55 bits per heavy atom. The smallest absolute Gasteiger partial charge is 0.254 e. The molecule has 2 aromatic rings. The summed E-state index contributed by atoms with van der Waals surface area (Å²) in [5.74, 6) is 0.489. The topological polar surface area (TPSA) is 66.7 Å². The van der Waals surface area contributed by atoms with E-state index in [1.165, 1.54) is 6.39 Å². The van der Waals surface area contributed by atoms with E-state index in [0.29, 0.717) is 37.3 Å². The third-order valence-corrected chi connectivity index (χ3v) is 4.38. The van der Waals surface area contributed by atoms with Gasteiger partial charge in [-0.25, -0.2) is 4.98 Å². The zero-order chi connectivity index (χ0) is 15.1. The highest BCUT2D eigenvalue weighted by atomic mass is 16.3. The van der Waals surface area contributed by atoms with E-state index >= 15 is 0 Å². The minimum atomic E-state index is -0.0168. The average molecular weight is 299 g/mol. The van der Waals surface area contributed by atoms with Gasteiger partial charge < -0.3 is 14.2 Å². The largest absolute Gasteiger partial charge is 0.443 e. The predicted molar refractivity (Wildman–Crippen MR) is 79.2 cm³/mol. The number of piperazine rings is 1. The number of amides is 2. The first kappa shape index (κ1) is 13.3. The number of hydrogen-bond acceptors (Lipinski definition) is 4. The molecular formula is C16H17N3O3. The molecule has 114 valence electrons. The molecule has 6 heteroatoms. The van der Waals surface area contributed by atoms with Gasteiger partial charge in [-0.2, -0.15) is 0 Å². The lowest BCUT2D eigenvalue weighted by Gasteiger charge is -2.35. The average Bonchev–Trinajstić information content (AvgIpc) is 3.31. The van der Waals surface area contributed by atoms with Crippen molar-refractivity contribution in [3.63, 3.8) is 0 Å². The molecule has 2 amide bonds. The van der Waals surface area contributed by atoms with Crippen LogP contribution < -0.4 is 0 Å². The van der Waals surface area contributed by atoms with Crippen LogP contribution in [0.15, 0.2) is 29.0 Å². The van der Waals surface area contributed by atoms with Gasteiger partial charge in [0.2, 0.25) is 5.91 Å². The highest BCUT2D eigenvalue weighted by Gasteiger charge is 2.35. The number of nitrogens with zero attached hydrogens (tertiary/aromatic N) is 3.